The zero-order valence-electron chi connectivity index (χ0n) is 20.8. The summed E-state index contributed by atoms with van der Waals surface area (Å²) < 4.78 is 0. The van der Waals surface area contributed by atoms with Crippen LogP contribution in [0.5, 0.6) is 0 Å². The number of aromatic nitrogens is 1. The molecule has 2 aromatic rings. The van der Waals surface area contributed by atoms with Crippen molar-refractivity contribution in [2.75, 3.05) is 38.1 Å². The smallest absolute Gasteiger partial charge is 0.253 e. The molecule has 35 heavy (non-hydrogen) atoms. The number of nitrogens with zero attached hydrogens (tertiary/aromatic N) is 4. The molecule has 3 fully saturated rings. The summed E-state index contributed by atoms with van der Waals surface area (Å²) in [5.41, 5.74) is 4.90. The van der Waals surface area contributed by atoms with E-state index in [0.717, 1.165) is 70.3 Å². The quantitative estimate of drug-likeness (QED) is 0.659. The first-order valence-corrected chi connectivity index (χ1v) is 13.4. The number of hydrogen-bond donors (Lipinski definition) is 0. The van der Waals surface area contributed by atoms with Gasteiger partial charge in [-0.1, -0.05) is 6.07 Å². The third kappa shape index (κ3) is 4.32. The number of carbonyl (C=O) groups is 2. The molecule has 0 N–H and O–H groups in total. The Morgan fingerprint density at radius 2 is 1.63 bits per heavy atom. The summed E-state index contributed by atoms with van der Waals surface area (Å²) in [6.07, 6.45) is 12.3. The van der Waals surface area contributed by atoms with Gasteiger partial charge in [0, 0.05) is 62.8 Å². The van der Waals surface area contributed by atoms with Crippen LogP contribution in [0.2, 0.25) is 0 Å². The lowest BCUT2D eigenvalue weighted by atomic mass is 9.71. The highest BCUT2D eigenvalue weighted by Gasteiger charge is 2.40. The van der Waals surface area contributed by atoms with E-state index in [1.165, 1.54) is 29.7 Å². The minimum atomic E-state index is 0.112. The van der Waals surface area contributed by atoms with Crippen molar-refractivity contribution in [2.24, 2.45) is 11.3 Å². The maximum absolute atomic E-state index is 13.5. The van der Waals surface area contributed by atoms with Gasteiger partial charge < -0.3 is 14.7 Å². The van der Waals surface area contributed by atoms with Crippen molar-refractivity contribution < 1.29 is 9.59 Å². The Kier molecular flexibility index (Phi) is 5.78. The molecule has 1 aromatic carbocycles. The van der Waals surface area contributed by atoms with Gasteiger partial charge in [-0.3, -0.25) is 14.6 Å². The largest absolute Gasteiger partial charge is 0.371 e. The summed E-state index contributed by atoms with van der Waals surface area (Å²) in [7, 11) is 1.94. The molecule has 6 nitrogen and oxygen atoms in total. The highest BCUT2D eigenvalue weighted by atomic mass is 16.2. The van der Waals surface area contributed by atoms with Crippen LogP contribution < -0.4 is 4.90 Å². The second-order valence-corrected chi connectivity index (χ2v) is 11.2. The Balaban J connectivity index is 1.08. The Bertz CT molecular complexity index is 1090. The van der Waals surface area contributed by atoms with Crippen LogP contribution in [0, 0.1) is 11.3 Å². The van der Waals surface area contributed by atoms with E-state index in [0.29, 0.717) is 5.41 Å². The van der Waals surface area contributed by atoms with Crippen molar-refractivity contribution in [3.8, 4) is 0 Å². The van der Waals surface area contributed by atoms with Crippen LogP contribution in [0.1, 0.15) is 72.5 Å². The molecule has 1 spiro atoms. The van der Waals surface area contributed by atoms with Crippen molar-refractivity contribution in [1.29, 1.82) is 0 Å². The lowest BCUT2D eigenvalue weighted by Crippen LogP contribution is -2.48. The first-order chi connectivity index (χ1) is 17.0. The minimum absolute atomic E-state index is 0.112. The van der Waals surface area contributed by atoms with Gasteiger partial charge in [-0.2, -0.15) is 0 Å². The number of aryl methyl sites for hydroxylation is 1. The van der Waals surface area contributed by atoms with Gasteiger partial charge in [-0.05, 0) is 92.2 Å². The van der Waals surface area contributed by atoms with Crippen molar-refractivity contribution in [2.45, 2.75) is 57.4 Å². The number of amides is 2. The molecule has 2 aliphatic heterocycles. The van der Waals surface area contributed by atoms with E-state index >= 15 is 0 Å². The van der Waals surface area contributed by atoms with Crippen LogP contribution in [0.3, 0.4) is 0 Å². The molecular weight excluding hydrogens is 436 g/mol. The first-order valence-electron chi connectivity index (χ1n) is 13.4. The van der Waals surface area contributed by atoms with Gasteiger partial charge in [0.1, 0.15) is 0 Å². The molecule has 3 heterocycles. The molecule has 2 amide bonds. The number of fused-ring (bicyclic) bond motifs is 1. The maximum atomic E-state index is 13.5. The standard InChI is InChI=1S/C29H36N4O2/c1-31(27(34)22-3-4-22)26-7-6-21-2-5-23(20-25(21)26)28(35)33-18-12-29(13-19-33)10-16-32(17-11-29)24-8-14-30-15-9-24/h2,5,8-9,14-15,20,22,26H,3-4,6-7,10-13,16-19H2,1H3. The molecule has 6 heteroatoms. The summed E-state index contributed by atoms with van der Waals surface area (Å²) in [5.74, 6) is 0.653. The number of piperidine rings is 2. The molecule has 1 aromatic heterocycles. The van der Waals surface area contributed by atoms with Crippen LogP contribution in [0.4, 0.5) is 5.69 Å². The molecule has 0 radical (unpaired) electrons. The molecule has 1 saturated carbocycles. The predicted octanol–water partition coefficient (Wildman–Crippen LogP) is 4.46. The summed E-state index contributed by atoms with van der Waals surface area (Å²) >= 11 is 0. The maximum Gasteiger partial charge on any atom is 0.253 e. The summed E-state index contributed by atoms with van der Waals surface area (Å²) in [4.78, 5) is 36.7. The monoisotopic (exact) mass is 472 g/mol. The Hall–Kier alpha value is -2.89. The van der Waals surface area contributed by atoms with Crippen LogP contribution in [-0.2, 0) is 11.2 Å². The molecule has 1 atom stereocenters. The van der Waals surface area contributed by atoms with E-state index in [-0.39, 0.29) is 23.8 Å². The number of anilines is 1. The molecule has 4 aliphatic rings. The Morgan fingerprint density at radius 3 is 2.31 bits per heavy atom. The van der Waals surface area contributed by atoms with Crippen molar-refractivity contribution in [3.05, 3.63) is 59.4 Å². The average Bonchev–Trinajstić information content (AvgIpc) is 3.68. The highest BCUT2D eigenvalue weighted by molar-refractivity contribution is 5.94. The van der Waals surface area contributed by atoms with E-state index < -0.39 is 0 Å². The van der Waals surface area contributed by atoms with Crippen LogP contribution in [0.15, 0.2) is 42.7 Å². The fraction of sp³-hybridized carbons (Fsp3) is 0.552. The van der Waals surface area contributed by atoms with Gasteiger partial charge in [0.05, 0.1) is 6.04 Å². The minimum Gasteiger partial charge on any atom is -0.371 e. The summed E-state index contributed by atoms with van der Waals surface area (Å²) in [5, 5.41) is 0. The lowest BCUT2D eigenvalue weighted by molar-refractivity contribution is -0.133. The van der Waals surface area contributed by atoms with Gasteiger partial charge in [-0.25, -0.2) is 0 Å². The Labute approximate surface area is 208 Å². The third-order valence-corrected chi connectivity index (χ3v) is 9.14. The number of rotatable bonds is 4. The van der Waals surface area contributed by atoms with Crippen molar-refractivity contribution in [1.82, 2.24) is 14.8 Å². The van der Waals surface area contributed by atoms with E-state index in [2.05, 4.69) is 39.0 Å². The van der Waals surface area contributed by atoms with E-state index in [9.17, 15) is 9.59 Å². The van der Waals surface area contributed by atoms with Crippen LogP contribution in [0.25, 0.3) is 0 Å². The number of carbonyl (C=O) groups excluding carboxylic acids is 2. The van der Waals surface area contributed by atoms with Crippen LogP contribution in [-0.4, -0.2) is 59.8 Å². The number of hydrogen-bond acceptors (Lipinski definition) is 4. The SMILES string of the molecule is CN(C(=O)C1CC1)C1CCc2ccc(C(=O)N3CCC4(CC3)CCN(c3ccncc3)CC4)cc21. The zero-order valence-corrected chi connectivity index (χ0v) is 20.8. The van der Waals surface area contributed by atoms with Gasteiger partial charge in [0.2, 0.25) is 5.91 Å². The van der Waals surface area contributed by atoms with E-state index in [1.807, 2.05) is 30.4 Å². The molecular formula is C29H36N4O2. The molecule has 0 bridgehead atoms. The van der Waals surface area contributed by atoms with Crippen molar-refractivity contribution in [3.63, 3.8) is 0 Å². The second-order valence-electron chi connectivity index (χ2n) is 11.2. The number of pyridine rings is 1. The summed E-state index contributed by atoms with van der Waals surface area (Å²) in [6, 6.07) is 10.5. The van der Waals surface area contributed by atoms with Gasteiger partial charge in [-0.15, -0.1) is 0 Å². The number of likely N-dealkylation sites (tertiary alicyclic amines) is 1. The molecule has 2 saturated heterocycles. The average molecular weight is 473 g/mol. The fourth-order valence-electron chi connectivity index (χ4n) is 6.55. The molecule has 1 unspecified atom stereocenters. The lowest BCUT2D eigenvalue weighted by Gasteiger charge is -2.47. The highest BCUT2D eigenvalue weighted by Crippen LogP contribution is 2.43. The normalized spacial score (nSPS) is 23.3. The third-order valence-electron chi connectivity index (χ3n) is 9.14. The van der Waals surface area contributed by atoms with Gasteiger partial charge in [0.15, 0.2) is 0 Å². The van der Waals surface area contributed by atoms with Gasteiger partial charge in [0.25, 0.3) is 5.91 Å². The van der Waals surface area contributed by atoms with Gasteiger partial charge >= 0.3 is 0 Å². The first kappa shape index (κ1) is 22.6. The Morgan fingerprint density at radius 1 is 0.943 bits per heavy atom. The summed E-state index contributed by atoms with van der Waals surface area (Å²) in [6.45, 7) is 3.85. The van der Waals surface area contributed by atoms with Crippen molar-refractivity contribution >= 4 is 17.5 Å². The zero-order chi connectivity index (χ0) is 24.0. The molecule has 2 aliphatic carbocycles. The van der Waals surface area contributed by atoms with Crippen LogP contribution >= 0.6 is 0 Å². The van der Waals surface area contributed by atoms with E-state index in [1.54, 1.807) is 0 Å². The van der Waals surface area contributed by atoms with E-state index in [4.69, 9.17) is 0 Å². The fourth-order valence-corrected chi connectivity index (χ4v) is 6.55. The molecule has 184 valence electrons. The number of benzene rings is 1. The molecule has 6 rings (SSSR count). The predicted molar refractivity (Wildman–Crippen MR) is 136 cm³/mol. The topological polar surface area (TPSA) is 56.8 Å². The second kappa shape index (κ2) is 8.96.